The molecule has 2 heterocycles. The maximum Gasteiger partial charge on any atom is 0.356 e. The van der Waals surface area contributed by atoms with Gasteiger partial charge in [-0.1, -0.05) is 18.2 Å². The van der Waals surface area contributed by atoms with E-state index < -0.39 is 5.97 Å². The highest BCUT2D eigenvalue weighted by Crippen LogP contribution is 2.20. The van der Waals surface area contributed by atoms with Gasteiger partial charge in [0, 0.05) is 22.8 Å². The first-order valence-corrected chi connectivity index (χ1v) is 6.49. The van der Waals surface area contributed by atoms with E-state index in [-0.39, 0.29) is 5.69 Å². The minimum atomic E-state index is -0.983. The van der Waals surface area contributed by atoms with Gasteiger partial charge < -0.3 is 15.1 Å². The maximum absolute atomic E-state index is 11.1. The Morgan fingerprint density at radius 2 is 2.10 bits per heavy atom. The highest BCUT2D eigenvalue weighted by Gasteiger charge is 2.15. The molecule has 0 aliphatic heterocycles. The molecule has 5 nitrogen and oxygen atoms in total. The summed E-state index contributed by atoms with van der Waals surface area (Å²) in [6, 6.07) is 8.09. The second-order valence-corrected chi connectivity index (χ2v) is 4.81. The molecule has 0 fully saturated rings. The van der Waals surface area contributed by atoms with Gasteiger partial charge in [0.2, 0.25) is 0 Å². The number of H-pyrrole nitrogens is 2. The molecule has 5 heteroatoms. The lowest BCUT2D eigenvalue weighted by Gasteiger charge is -2.00. The number of aryl methyl sites for hydroxylation is 3. The molecule has 0 unspecified atom stereocenters. The monoisotopic (exact) mass is 269 g/mol. The minimum absolute atomic E-state index is 0.127. The molecule has 20 heavy (non-hydrogen) atoms. The van der Waals surface area contributed by atoms with Crippen molar-refractivity contribution in [1.29, 1.82) is 0 Å². The summed E-state index contributed by atoms with van der Waals surface area (Å²) in [6.45, 7) is 1.77. The van der Waals surface area contributed by atoms with Gasteiger partial charge in [0.1, 0.15) is 5.82 Å². The smallest absolute Gasteiger partial charge is 0.356 e. The largest absolute Gasteiger partial charge is 0.476 e. The van der Waals surface area contributed by atoms with Gasteiger partial charge in [-0.25, -0.2) is 9.78 Å². The highest BCUT2D eigenvalue weighted by molar-refractivity contribution is 5.87. The summed E-state index contributed by atoms with van der Waals surface area (Å²) in [5.41, 5.74) is 3.09. The van der Waals surface area contributed by atoms with Crippen LogP contribution in [-0.2, 0) is 12.8 Å². The predicted octanol–water partition coefficient (Wildman–Crippen LogP) is 2.68. The number of aromatic amines is 2. The number of aromatic nitrogens is 3. The molecular weight excluding hydrogens is 254 g/mol. The average molecular weight is 269 g/mol. The van der Waals surface area contributed by atoms with Crippen molar-refractivity contribution >= 4 is 16.9 Å². The Hall–Kier alpha value is -2.56. The highest BCUT2D eigenvalue weighted by atomic mass is 16.4. The van der Waals surface area contributed by atoms with Crippen LogP contribution in [0.3, 0.4) is 0 Å². The quantitative estimate of drug-likeness (QED) is 0.681. The molecule has 3 rings (SSSR count). The van der Waals surface area contributed by atoms with E-state index in [9.17, 15) is 4.79 Å². The maximum atomic E-state index is 11.1. The molecule has 3 aromatic rings. The molecule has 0 atom stereocenters. The van der Waals surface area contributed by atoms with Gasteiger partial charge in [-0.3, -0.25) is 0 Å². The van der Waals surface area contributed by atoms with Gasteiger partial charge in [-0.15, -0.1) is 0 Å². The summed E-state index contributed by atoms with van der Waals surface area (Å²) in [7, 11) is 0. The van der Waals surface area contributed by atoms with Crippen molar-refractivity contribution in [2.24, 2.45) is 0 Å². The predicted molar refractivity (Wildman–Crippen MR) is 76.0 cm³/mol. The number of carboxylic acids is 1. The summed E-state index contributed by atoms with van der Waals surface area (Å²) in [6.07, 6.45) is 3.38. The van der Waals surface area contributed by atoms with Crippen molar-refractivity contribution in [3.8, 4) is 0 Å². The van der Waals surface area contributed by atoms with Crippen LogP contribution in [0.5, 0.6) is 0 Å². The normalized spacial score (nSPS) is 11.1. The number of benzene rings is 1. The fourth-order valence-electron chi connectivity index (χ4n) is 2.50. The van der Waals surface area contributed by atoms with Gasteiger partial charge in [0.25, 0.3) is 0 Å². The topological polar surface area (TPSA) is 81.8 Å². The van der Waals surface area contributed by atoms with E-state index >= 15 is 0 Å². The zero-order chi connectivity index (χ0) is 14.1. The van der Waals surface area contributed by atoms with Crippen molar-refractivity contribution in [3.63, 3.8) is 0 Å². The van der Waals surface area contributed by atoms with E-state index in [4.69, 9.17) is 5.11 Å². The number of hydrogen-bond donors (Lipinski definition) is 3. The number of nitrogens with one attached hydrogen (secondary N) is 2. The molecule has 2 aromatic heterocycles. The number of fused-ring (bicyclic) bond motifs is 1. The number of imidazole rings is 1. The third kappa shape index (κ3) is 2.18. The lowest BCUT2D eigenvalue weighted by Crippen LogP contribution is -2.03. The fraction of sp³-hybridized carbons (Fsp3) is 0.200. The van der Waals surface area contributed by atoms with Crippen LogP contribution in [0.25, 0.3) is 10.9 Å². The van der Waals surface area contributed by atoms with E-state index in [2.05, 4.69) is 21.0 Å². The second kappa shape index (κ2) is 4.85. The van der Waals surface area contributed by atoms with Gasteiger partial charge in [-0.2, -0.15) is 0 Å². The molecular formula is C15H15N3O2. The number of aromatic carboxylic acids is 1. The molecule has 0 radical (unpaired) electrons. The zero-order valence-corrected chi connectivity index (χ0v) is 11.1. The Morgan fingerprint density at radius 3 is 2.90 bits per heavy atom. The number of para-hydroxylation sites is 1. The summed E-state index contributed by atoms with van der Waals surface area (Å²) in [5.74, 6) is -0.348. The molecule has 1 aromatic carbocycles. The first-order chi connectivity index (χ1) is 9.65. The Kier molecular flexibility index (Phi) is 3.02. The van der Waals surface area contributed by atoms with Crippen LogP contribution in [0.15, 0.2) is 30.5 Å². The van der Waals surface area contributed by atoms with Crippen molar-refractivity contribution in [3.05, 3.63) is 53.2 Å². The van der Waals surface area contributed by atoms with Crippen LogP contribution < -0.4 is 0 Å². The van der Waals surface area contributed by atoms with Crippen molar-refractivity contribution in [2.75, 3.05) is 0 Å². The van der Waals surface area contributed by atoms with E-state index in [0.717, 1.165) is 11.9 Å². The van der Waals surface area contributed by atoms with Crippen LogP contribution in [0.2, 0.25) is 0 Å². The number of hydrogen-bond acceptors (Lipinski definition) is 2. The van der Waals surface area contributed by atoms with Gasteiger partial charge >= 0.3 is 5.97 Å². The number of carbonyl (C=O) groups is 1. The lowest BCUT2D eigenvalue weighted by atomic mass is 10.1. The molecule has 0 spiro atoms. The SMILES string of the molecule is Cc1nc(C(=O)O)c(CCc2c[nH]c3ccccc23)[nH]1. The van der Waals surface area contributed by atoms with E-state index in [1.54, 1.807) is 6.92 Å². The molecule has 102 valence electrons. The Balaban J connectivity index is 1.85. The number of rotatable bonds is 4. The number of nitrogens with zero attached hydrogens (tertiary/aromatic N) is 1. The second-order valence-electron chi connectivity index (χ2n) is 4.81. The molecule has 0 bridgehead atoms. The Morgan fingerprint density at radius 1 is 1.30 bits per heavy atom. The molecule has 0 aliphatic rings. The summed E-state index contributed by atoms with van der Waals surface area (Å²) < 4.78 is 0. The van der Waals surface area contributed by atoms with E-state index in [0.29, 0.717) is 17.9 Å². The molecule has 0 saturated heterocycles. The lowest BCUT2D eigenvalue weighted by molar-refractivity contribution is 0.0689. The van der Waals surface area contributed by atoms with Crippen LogP contribution in [0.4, 0.5) is 0 Å². The first kappa shape index (κ1) is 12.5. The summed E-state index contributed by atoms with van der Waals surface area (Å²) in [5, 5.41) is 10.3. The summed E-state index contributed by atoms with van der Waals surface area (Å²) in [4.78, 5) is 21.4. The third-order valence-corrected chi connectivity index (χ3v) is 3.42. The van der Waals surface area contributed by atoms with Gasteiger partial charge in [0.05, 0.1) is 0 Å². The Bertz CT molecular complexity index is 770. The molecule has 0 saturated carbocycles. The zero-order valence-electron chi connectivity index (χ0n) is 11.1. The first-order valence-electron chi connectivity index (χ1n) is 6.49. The molecule has 0 aliphatic carbocycles. The van der Waals surface area contributed by atoms with Crippen molar-refractivity contribution in [1.82, 2.24) is 15.0 Å². The standard InChI is InChI=1S/C15H15N3O2/c1-9-17-13(14(18-9)15(19)20)7-6-10-8-16-12-5-3-2-4-11(10)12/h2-5,8,16H,6-7H2,1H3,(H,17,18)(H,19,20). The average Bonchev–Trinajstić information content (AvgIpc) is 3.00. The molecule has 0 amide bonds. The van der Waals surface area contributed by atoms with E-state index in [1.807, 2.05) is 24.4 Å². The minimum Gasteiger partial charge on any atom is -0.476 e. The fourth-order valence-corrected chi connectivity index (χ4v) is 2.50. The van der Waals surface area contributed by atoms with Gasteiger partial charge in [-0.05, 0) is 31.4 Å². The van der Waals surface area contributed by atoms with Crippen molar-refractivity contribution < 1.29 is 9.90 Å². The van der Waals surface area contributed by atoms with E-state index in [1.165, 1.54) is 10.9 Å². The third-order valence-electron chi connectivity index (χ3n) is 3.42. The molecule has 3 N–H and O–H groups in total. The van der Waals surface area contributed by atoms with Crippen LogP contribution in [0, 0.1) is 6.92 Å². The Labute approximate surface area is 115 Å². The van der Waals surface area contributed by atoms with Crippen LogP contribution in [-0.4, -0.2) is 26.0 Å². The van der Waals surface area contributed by atoms with Gasteiger partial charge in [0.15, 0.2) is 5.69 Å². The van der Waals surface area contributed by atoms with Crippen LogP contribution in [0.1, 0.15) is 27.6 Å². The number of carboxylic acid groups (broad SMARTS) is 1. The van der Waals surface area contributed by atoms with Crippen LogP contribution >= 0.6 is 0 Å². The summed E-state index contributed by atoms with van der Waals surface area (Å²) >= 11 is 0. The van der Waals surface area contributed by atoms with Crippen molar-refractivity contribution in [2.45, 2.75) is 19.8 Å².